The maximum Gasteiger partial charge on any atom is 0.347 e. The molecular weight excluding hydrogens is 432 g/mol. The van der Waals surface area contributed by atoms with Crippen LogP contribution in [0.25, 0.3) is 11.0 Å². The van der Waals surface area contributed by atoms with E-state index in [2.05, 4.69) is 5.43 Å². The Labute approximate surface area is 187 Å². The van der Waals surface area contributed by atoms with Gasteiger partial charge in [-0.25, -0.2) is 5.01 Å². The van der Waals surface area contributed by atoms with E-state index in [0.29, 0.717) is 41.1 Å². The molecule has 1 saturated heterocycles. The summed E-state index contributed by atoms with van der Waals surface area (Å²) in [5.74, 6) is -0.287. The van der Waals surface area contributed by atoms with E-state index in [1.54, 1.807) is 23.2 Å². The number of nitrogens with zero attached hydrogens (tertiary/aromatic N) is 5. The number of hydrogen-bond acceptors (Lipinski definition) is 8. The molecule has 2 heterocycles. The van der Waals surface area contributed by atoms with Crippen LogP contribution >= 0.6 is 0 Å². The van der Waals surface area contributed by atoms with Crippen molar-refractivity contribution in [3.63, 3.8) is 0 Å². The quantitative estimate of drug-likeness (QED) is 0.348. The number of anilines is 1. The topological polar surface area (TPSA) is 139 Å². The lowest BCUT2D eigenvalue weighted by Gasteiger charge is -2.35. The molecule has 1 aromatic heterocycles. The zero-order valence-corrected chi connectivity index (χ0v) is 18.1. The lowest BCUT2D eigenvalue weighted by atomic mass is 10.2. The van der Waals surface area contributed by atoms with Crippen molar-refractivity contribution in [2.75, 3.05) is 38.2 Å². The molecule has 1 amide bonds. The van der Waals surface area contributed by atoms with Crippen LogP contribution in [0.2, 0.25) is 0 Å². The molecule has 1 aliphatic rings. The Bertz CT molecular complexity index is 1280. The molecule has 172 valence electrons. The van der Waals surface area contributed by atoms with Gasteiger partial charge in [0, 0.05) is 48.9 Å². The van der Waals surface area contributed by atoms with Crippen molar-refractivity contribution in [1.29, 1.82) is 0 Å². The summed E-state index contributed by atoms with van der Waals surface area (Å²) in [5, 5.41) is 25.1. The van der Waals surface area contributed by atoms with Gasteiger partial charge < -0.3 is 19.6 Å². The van der Waals surface area contributed by atoms with Gasteiger partial charge in [0.1, 0.15) is 11.3 Å². The lowest BCUT2D eigenvalue weighted by Crippen LogP contribution is -2.54. The van der Waals surface area contributed by atoms with Crippen LogP contribution < -0.4 is 19.5 Å². The molecular formula is C21H22N6O6. The number of piperazine rings is 1. The molecule has 4 rings (SSSR count). The third-order valence-electron chi connectivity index (χ3n) is 5.65. The van der Waals surface area contributed by atoms with Crippen LogP contribution in [0.15, 0.2) is 42.5 Å². The Morgan fingerprint density at radius 1 is 1.12 bits per heavy atom. The van der Waals surface area contributed by atoms with E-state index in [1.165, 1.54) is 38.3 Å². The molecule has 0 aliphatic carbocycles. The number of carbonyl (C=O) groups excluding carboxylic acids is 1. The van der Waals surface area contributed by atoms with Crippen LogP contribution in [-0.4, -0.2) is 53.9 Å². The first-order chi connectivity index (χ1) is 15.8. The van der Waals surface area contributed by atoms with Crippen molar-refractivity contribution in [2.24, 2.45) is 0 Å². The van der Waals surface area contributed by atoms with E-state index in [-0.39, 0.29) is 28.1 Å². The van der Waals surface area contributed by atoms with Gasteiger partial charge in [0.15, 0.2) is 0 Å². The number of ether oxygens (including phenoxy) is 1. The number of nitro groups is 1. The van der Waals surface area contributed by atoms with Crippen molar-refractivity contribution in [3.05, 3.63) is 74.1 Å². The van der Waals surface area contributed by atoms with Gasteiger partial charge in [-0.2, -0.15) is 0 Å². The standard InChI is InChI=1S/C21H22N6O6/c1-14-20(26(30)19-13-17(33-2)7-8-18(19)25(14)29)21(28)22-24-11-9-23(10-12-24)15-3-5-16(6-4-15)27(31)32/h3-8,13H,9-12H2,1-2H3,(H,22,28). The van der Waals surface area contributed by atoms with Crippen LogP contribution in [0.5, 0.6) is 5.75 Å². The van der Waals surface area contributed by atoms with E-state index in [0.717, 1.165) is 5.69 Å². The predicted molar refractivity (Wildman–Crippen MR) is 120 cm³/mol. The Balaban J connectivity index is 1.49. The second-order valence-electron chi connectivity index (χ2n) is 7.57. The van der Waals surface area contributed by atoms with E-state index < -0.39 is 10.8 Å². The van der Waals surface area contributed by atoms with E-state index in [9.17, 15) is 25.0 Å². The highest BCUT2D eigenvalue weighted by Gasteiger charge is 2.29. The first-order valence-corrected chi connectivity index (χ1v) is 10.2. The Morgan fingerprint density at radius 3 is 2.39 bits per heavy atom. The number of carbonyl (C=O) groups is 1. The van der Waals surface area contributed by atoms with Gasteiger partial charge in [-0.05, 0) is 31.2 Å². The largest absolute Gasteiger partial charge is 0.805 e. The minimum Gasteiger partial charge on any atom is -0.805 e. The zero-order chi connectivity index (χ0) is 23.7. The number of aromatic nitrogens is 2. The van der Waals surface area contributed by atoms with Crippen molar-refractivity contribution in [3.8, 4) is 5.75 Å². The molecule has 0 atom stereocenters. The second kappa shape index (κ2) is 8.74. The maximum absolute atomic E-state index is 12.9. The molecule has 0 saturated carbocycles. The smallest absolute Gasteiger partial charge is 0.347 e. The summed E-state index contributed by atoms with van der Waals surface area (Å²) < 4.78 is 6.13. The fourth-order valence-corrected chi connectivity index (χ4v) is 3.82. The number of hydrazine groups is 1. The second-order valence-corrected chi connectivity index (χ2v) is 7.57. The van der Waals surface area contributed by atoms with Gasteiger partial charge in [0.05, 0.1) is 28.2 Å². The number of methoxy groups -OCH3 is 1. The van der Waals surface area contributed by atoms with Crippen molar-refractivity contribution in [2.45, 2.75) is 6.92 Å². The first-order valence-electron chi connectivity index (χ1n) is 10.2. The molecule has 0 spiro atoms. The minimum absolute atomic E-state index is 0.00955. The van der Waals surface area contributed by atoms with E-state index >= 15 is 0 Å². The average molecular weight is 454 g/mol. The number of fused-ring (bicyclic) bond motifs is 1. The molecule has 1 aliphatic heterocycles. The van der Waals surface area contributed by atoms with Gasteiger partial charge in [-0.1, -0.05) is 0 Å². The predicted octanol–water partition coefficient (Wildman–Crippen LogP) is 1.59. The van der Waals surface area contributed by atoms with Crippen LogP contribution in [0.4, 0.5) is 11.4 Å². The highest BCUT2D eigenvalue weighted by atomic mass is 16.6. The summed E-state index contributed by atoms with van der Waals surface area (Å²) >= 11 is 0. The number of amides is 1. The SMILES string of the molecule is COc1ccc2c(c1)[n+](=O)c(C(=O)NN1CCN(c3ccc([N+](=O)[O-])cc3)CC1)c(C)n2[O-]. The molecule has 3 aromatic rings. The van der Waals surface area contributed by atoms with Crippen molar-refractivity contribution >= 4 is 28.3 Å². The highest BCUT2D eigenvalue weighted by molar-refractivity contribution is 5.92. The number of non-ortho nitro benzene ring substituents is 1. The van der Waals surface area contributed by atoms with Gasteiger partial charge >= 0.3 is 11.6 Å². The molecule has 0 bridgehead atoms. The Kier molecular flexibility index (Phi) is 5.84. The monoisotopic (exact) mass is 454 g/mol. The summed E-state index contributed by atoms with van der Waals surface area (Å²) in [7, 11) is 1.44. The number of nitro benzene ring substituents is 1. The molecule has 33 heavy (non-hydrogen) atoms. The van der Waals surface area contributed by atoms with E-state index in [4.69, 9.17) is 4.74 Å². The van der Waals surface area contributed by atoms with Crippen LogP contribution in [0.1, 0.15) is 16.2 Å². The van der Waals surface area contributed by atoms with Crippen molar-refractivity contribution in [1.82, 2.24) is 15.2 Å². The summed E-state index contributed by atoms with van der Waals surface area (Å²) in [5.41, 5.74) is 3.44. The molecule has 1 N–H and O–H groups in total. The molecule has 12 heteroatoms. The van der Waals surface area contributed by atoms with E-state index in [1.807, 2.05) is 4.90 Å². The molecule has 1 fully saturated rings. The first kappa shape index (κ1) is 22.0. The van der Waals surface area contributed by atoms with Crippen molar-refractivity contribution < 1.29 is 18.9 Å². The third-order valence-corrected chi connectivity index (χ3v) is 5.65. The number of nitrogens with one attached hydrogen (secondary N) is 1. The van der Waals surface area contributed by atoms with Gasteiger partial charge in [-0.15, -0.1) is 0 Å². The molecule has 0 unspecified atom stereocenters. The zero-order valence-electron chi connectivity index (χ0n) is 18.1. The number of hydrogen-bond donors (Lipinski definition) is 1. The molecule has 2 aromatic carbocycles. The fourth-order valence-electron chi connectivity index (χ4n) is 3.82. The Hall–Kier alpha value is -4.19. The number of benzene rings is 2. The van der Waals surface area contributed by atoms with Crippen LogP contribution in [0.3, 0.4) is 0 Å². The maximum atomic E-state index is 12.9. The van der Waals surface area contributed by atoms with Gasteiger partial charge in [0.25, 0.3) is 11.2 Å². The summed E-state index contributed by atoms with van der Waals surface area (Å²) in [6.07, 6.45) is 0. The van der Waals surface area contributed by atoms with Gasteiger partial charge in [-0.3, -0.25) is 20.3 Å². The molecule has 0 radical (unpaired) electrons. The fraction of sp³-hybridized carbons (Fsp3) is 0.286. The van der Waals surface area contributed by atoms with Crippen LogP contribution in [0, 0.1) is 27.2 Å². The highest BCUT2D eigenvalue weighted by Crippen LogP contribution is 2.21. The van der Waals surface area contributed by atoms with Crippen LogP contribution in [-0.2, 0) is 0 Å². The van der Waals surface area contributed by atoms with Gasteiger partial charge in [0.2, 0.25) is 0 Å². The normalized spacial score (nSPS) is 14.3. The molecule has 12 nitrogen and oxygen atoms in total. The summed E-state index contributed by atoms with van der Waals surface area (Å²) in [6.45, 7) is 3.46. The summed E-state index contributed by atoms with van der Waals surface area (Å²) in [6, 6.07) is 10.7. The average Bonchev–Trinajstić information content (AvgIpc) is 2.83. The number of rotatable bonds is 5. The lowest BCUT2D eigenvalue weighted by molar-refractivity contribution is -0.468. The summed E-state index contributed by atoms with van der Waals surface area (Å²) in [4.78, 5) is 38.3. The Morgan fingerprint density at radius 2 is 1.79 bits per heavy atom. The third kappa shape index (κ3) is 4.15. The minimum atomic E-state index is -0.680.